The number of nitrogen functional groups attached to an aromatic ring is 1. The largest absolute Gasteiger partial charge is 0.398 e. The minimum absolute atomic E-state index is 0.358. The Labute approximate surface area is 241 Å². The lowest BCUT2D eigenvalue weighted by Gasteiger charge is -2.45. The highest BCUT2D eigenvalue weighted by atomic mass is 19.1. The van der Waals surface area contributed by atoms with Crippen molar-refractivity contribution in [2.75, 3.05) is 80.3 Å². The van der Waals surface area contributed by atoms with Gasteiger partial charge in [0.1, 0.15) is 5.82 Å². The van der Waals surface area contributed by atoms with Gasteiger partial charge in [-0.2, -0.15) is 4.98 Å². The van der Waals surface area contributed by atoms with Crippen LogP contribution in [-0.4, -0.2) is 103 Å². The number of hydrogen-bond donors (Lipinski definition) is 2. The van der Waals surface area contributed by atoms with Gasteiger partial charge in [-0.25, -0.2) is 9.37 Å². The van der Waals surface area contributed by atoms with Gasteiger partial charge in [-0.15, -0.1) is 0 Å². The maximum Gasteiger partial charge on any atom is 0.282 e. The number of fused-ring (bicyclic) bond motifs is 1. The van der Waals surface area contributed by atoms with Gasteiger partial charge in [-0.3, -0.25) is 4.79 Å². The van der Waals surface area contributed by atoms with Crippen LogP contribution in [0.4, 0.5) is 27.5 Å². The molecular formula is C30H40FN9O. The number of likely N-dealkylation sites (N-methyl/N-ethyl adjacent to an activating group) is 1. The van der Waals surface area contributed by atoms with Gasteiger partial charge in [0.25, 0.3) is 5.91 Å². The summed E-state index contributed by atoms with van der Waals surface area (Å²) in [7, 11) is 4.20. The summed E-state index contributed by atoms with van der Waals surface area (Å²) in [5.41, 5.74) is 11.6. The molecule has 41 heavy (non-hydrogen) atoms. The van der Waals surface area contributed by atoms with E-state index >= 15 is 0 Å². The van der Waals surface area contributed by atoms with Crippen LogP contribution in [0.1, 0.15) is 35.2 Å². The molecule has 3 N–H and O–H groups in total. The van der Waals surface area contributed by atoms with Crippen molar-refractivity contribution >= 4 is 35.3 Å². The number of aromatic nitrogens is 2. The van der Waals surface area contributed by atoms with E-state index in [0.29, 0.717) is 31.4 Å². The first-order valence-electron chi connectivity index (χ1n) is 14.5. The standard InChI is InChI=1S/C30H40FN9O/c1-19-5-6-24(33)23(15-32)26(19)37-11-7-22-25(8-12-37)34-29(39-16-21(17-39)36(3)4)35-27(22)38-13-14-40(28(41)20(2)31)30(18-38)9-10-30/h5-6,15,21,32H,2,7-14,16-18,33H2,1,3-4H3. The predicted octanol–water partition coefficient (Wildman–Crippen LogP) is 2.38. The number of carbonyl (C=O) groups is 1. The summed E-state index contributed by atoms with van der Waals surface area (Å²) in [6, 6.07) is 4.36. The second-order valence-electron chi connectivity index (χ2n) is 12.2. The molecule has 1 aromatic heterocycles. The van der Waals surface area contributed by atoms with Crippen molar-refractivity contribution in [1.82, 2.24) is 19.8 Å². The van der Waals surface area contributed by atoms with E-state index in [-0.39, 0.29) is 5.54 Å². The number of nitrogens with zero attached hydrogens (tertiary/aromatic N) is 7. The minimum atomic E-state index is -0.891. The maximum atomic E-state index is 13.8. The first kappa shape index (κ1) is 27.4. The zero-order valence-corrected chi connectivity index (χ0v) is 24.3. The van der Waals surface area contributed by atoms with Crippen LogP contribution < -0.4 is 20.4 Å². The first-order chi connectivity index (χ1) is 19.6. The summed E-state index contributed by atoms with van der Waals surface area (Å²) >= 11 is 0. The summed E-state index contributed by atoms with van der Waals surface area (Å²) in [6.07, 6.45) is 4.57. The average molecular weight is 562 g/mol. The second kappa shape index (κ2) is 10.3. The molecule has 11 heteroatoms. The van der Waals surface area contributed by atoms with Gasteiger partial charge in [0.15, 0.2) is 5.83 Å². The fourth-order valence-electron chi connectivity index (χ4n) is 6.64. The van der Waals surface area contributed by atoms with Crippen LogP contribution in [0.3, 0.4) is 0 Å². The van der Waals surface area contributed by atoms with Crippen LogP contribution >= 0.6 is 0 Å². The minimum Gasteiger partial charge on any atom is -0.398 e. The molecule has 1 aromatic carbocycles. The third kappa shape index (κ3) is 4.79. The van der Waals surface area contributed by atoms with E-state index in [4.69, 9.17) is 21.1 Å². The van der Waals surface area contributed by atoms with Crippen LogP contribution in [0.5, 0.6) is 0 Å². The second-order valence-corrected chi connectivity index (χ2v) is 12.2. The van der Waals surface area contributed by atoms with Crippen molar-refractivity contribution in [3.8, 4) is 0 Å². The van der Waals surface area contributed by atoms with Gasteiger partial charge in [0.2, 0.25) is 5.95 Å². The molecule has 0 bridgehead atoms. The van der Waals surface area contributed by atoms with Crippen molar-refractivity contribution in [3.05, 3.63) is 46.9 Å². The van der Waals surface area contributed by atoms with Crippen LogP contribution in [-0.2, 0) is 17.6 Å². The summed E-state index contributed by atoms with van der Waals surface area (Å²) < 4.78 is 13.8. The molecule has 1 aliphatic carbocycles. The molecule has 3 aliphatic heterocycles. The van der Waals surface area contributed by atoms with E-state index in [1.807, 2.05) is 12.1 Å². The molecule has 0 unspecified atom stereocenters. The number of halogens is 1. The maximum absolute atomic E-state index is 13.8. The number of amides is 1. The monoisotopic (exact) mass is 561 g/mol. The molecule has 0 atom stereocenters. The number of piperazine rings is 1. The van der Waals surface area contributed by atoms with Crippen molar-refractivity contribution < 1.29 is 9.18 Å². The van der Waals surface area contributed by atoms with Gasteiger partial charge in [0, 0.05) is 81.3 Å². The van der Waals surface area contributed by atoms with E-state index in [1.54, 1.807) is 4.90 Å². The Bertz CT molecular complexity index is 1400. The smallest absolute Gasteiger partial charge is 0.282 e. The molecule has 2 saturated heterocycles. The van der Waals surface area contributed by atoms with Crippen LogP contribution in [0.15, 0.2) is 24.5 Å². The number of rotatable bonds is 6. The molecule has 3 fully saturated rings. The highest BCUT2D eigenvalue weighted by Crippen LogP contribution is 2.46. The molecule has 2 aromatic rings. The van der Waals surface area contributed by atoms with E-state index < -0.39 is 11.7 Å². The molecule has 10 nitrogen and oxygen atoms in total. The molecule has 4 heterocycles. The van der Waals surface area contributed by atoms with Crippen LogP contribution in [0.2, 0.25) is 0 Å². The van der Waals surface area contributed by atoms with E-state index in [9.17, 15) is 9.18 Å². The van der Waals surface area contributed by atoms with Crippen molar-refractivity contribution in [2.24, 2.45) is 0 Å². The number of carbonyl (C=O) groups excluding carboxylic acids is 1. The summed E-state index contributed by atoms with van der Waals surface area (Å²) in [4.78, 5) is 33.7. The van der Waals surface area contributed by atoms with E-state index in [2.05, 4.69) is 47.2 Å². The van der Waals surface area contributed by atoms with Gasteiger partial charge in [0.05, 0.1) is 16.9 Å². The predicted molar refractivity (Wildman–Crippen MR) is 161 cm³/mol. The SMILES string of the molecule is C=C(F)C(=O)N1CCN(c2nc(N3CC(N(C)C)C3)nc3c2CCN(c2c(C)ccc(N)c2C=N)CC3)CC12CC2. The molecule has 1 amide bonds. The third-order valence-electron chi connectivity index (χ3n) is 9.35. The molecule has 1 spiro atoms. The van der Waals surface area contributed by atoms with E-state index in [1.165, 1.54) is 6.21 Å². The Balaban J connectivity index is 1.34. The molecule has 4 aliphatic rings. The molecule has 0 radical (unpaired) electrons. The van der Waals surface area contributed by atoms with Crippen LogP contribution in [0, 0.1) is 12.3 Å². The lowest BCUT2D eigenvalue weighted by molar-refractivity contribution is -0.132. The summed E-state index contributed by atoms with van der Waals surface area (Å²) in [5.74, 6) is 0.215. The molecule has 218 valence electrons. The fraction of sp³-hybridized carbons (Fsp3) is 0.533. The Kier molecular flexibility index (Phi) is 6.88. The Morgan fingerprint density at radius 2 is 1.85 bits per heavy atom. The number of aryl methyl sites for hydroxylation is 1. The number of nitrogens with one attached hydrogen (secondary N) is 1. The van der Waals surface area contributed by atoms with Crippen LogP contribution in [0.25, 0.3) is 0 Å². The summed E-state index contributed by atoms with van der Waals surface area (Å²) in [5, 5.41) is 8.03. The highest BCUT2D eigenvalue weighted by molar-refractivity contribution is 5.94. The van der Waals surface area contributed by atoms with Crippen molar-refractivity contribution in [3.63, 3.8) is 0 Å². The Morgan fingerprint density at radius 3 is 2.51 bits per heavy atom. The number of benzene rings is 1. The summed E-state index contributed by atoms with van der Waals surface area (Å²) in [6.45, 7) is 10.3. The lowest BCUT2D eigenvalue weighted by Crippen LogP contribution is -2.59. The fourth-order valence-corrected chi connectivity index (χ4v) is 6.64. The molecule has 6 rings (SSSR count). The Morgan fingerprint density at radius 1 is 1.12 bits per heavy atom. The Hall–Kier alpha value is -3.73. The first-order valence-corrected chi connectivity index (χ1v) is 14.5. The molecular weight excluding hydrogens is 521 g/mol. The average Bonchev–Trinajstić information content (AvgIpc) is 3.71. The number of hydrogen-bond acceptors (Lipinski definition) is 9. The van der Waals surface area contributed by atoms with E-state index in [0.717, 1.165) is 91.7 Å². The third-order valence-corrected chi connectivity index (χ3v) is 9.35. The van der Waals surface area contributed by atoms with Gasteiger partial charge in [-0.1, -0.05) is 12.6 Å². The lowest BCUT2D eigenvalue weighted by atomic mass is 10.0. The van der Waals surface area contributed by atoms with Gasteiger partial charge >= 0.3 is 0 Å². The highest BCUT2D eigenvalue weighted by Gasteiger charge is 2.54. The quantitative estimate of drug-likeness (QED) is 0.315. The normalized spacial score (nSPS) is 20.1. The number of anilines is 4. The number of nitrogens with two attached hydrogens (primary N) is 1. The van der Waals surface area contributed by atoms with Gasteiger partial charge < -0.3 is 35.6 Å². The van der Waals surface area contributed by atoms with Crippen molar-refractivity contribution in [1.29, 1.82) is 5.41 Å². The zero-order valence-electron chi connectivity index (χ0n) is 24.3. The van der Waals surface area contributed by atoms with Crippen molar-refractivity contribution in [2.45, 2.75) is 44.2 Å². The topological polar surface area (TPSA) is 109 Å². The zero-order chi connectivity index (χ0) is 29.1. The molecule has 1 saturated carbocycles. The van der Waals surface area contributed by atoms with Gasteiger partial charge in [-0.05, 0) is 51.9 Å².